The van der Waals surface area contributed by atoms with Crippen LogP contribution in [0, 0.1) is 0 Å². The van der Waals surface area contributed by atoms with Crippen LogP contribution in [-0.2, 0) is 5.54 Å². The largest absolute Gasteiger partial charge is 0.497 e. The minimum Gasteiger partial charge on any atom is -0.497 e. The van der Waals surface area contributed by atoms with Crippen LogP contribution < -0.4 is 10.5 Å². The third-order valence-electron chi connectivity index (χ3n) is 3.02. The molecule has 3 rings (SSSR count). The standard InChI is InChI=1S/C12H13N3O/c1-16-9-2-3-10-8(6-9)7-14-11(15-10)12(13)4-5-12/h2-3,6-7H,4-5,13H2,1H3. The molecule has 4 nitrogen and oxygen atoms in total. The zero-order chi connectivity index (χ0) is 11.2. The first-order chi connectivity index (χ1) is 7.71. The molecule has 1 heterocycles. The van der Waals surface area contributed by atoms with Crippen LogP contribution in [0.3, 0.4) is 0 Å². The fraction of sp³-hybridized carbons (Fsp3) is 0.333. The number of fused-ring (bicyclic) bond motifs is 1. The van der Waals surface area contributed by atoms with Gasteiger partial charge in [-0.2, -0.15) is 0 Å². The van der Waals surface area contributed by atoms with Crippen molar-refractivity contribution >= 4 is 10.9 Å². The first-order valence-corrected chi connectivity index (χ1v) is 5.31. The van der Waals surface area contributed by atoms with E-state index in [4.69, 9.17) is 10.5 Å². The highest BCUT2D eigenvalue weighted by molar-refractivity contribution is 5.79. The lowest BCUT2D eigenvalue weighted by molar-refractivity contribution is 0.415. The Morgan fingerprint density at radius 3 is 2.88 bits per heavy atom. The number of hydrogen-bond donors (Lipinski definition) is 1. The molecule has 0 spiro atoms. The summed E-state index contributed by atoms with van der Waals surface area (Å²) in [5.41, 5.74) is 6.71. The second kappa shape index (κ2) is 3.15. The summed E-state index contributed by atoms with van der Waals surface area (Å²) in [6.45, 7) is 0. The average molecular weight is 215 g/mol. The highest BCUT2D eigenvalue weighted by Crippen LogP contribution is 2.40. The van der Waals surface area contributed by atoms with E-state index in [-0.39, 0.29) is 5.54 Å². The summed E-state index contributed by atoms with van der Waals surface area (Å²) in [7, 11) is 1.65. The zero-order valence-electron chi connectivity index (χ0n) is 9.10. The summed E-state index contributed by atoms with van der Waals surface area (Å²) in [6, 6.07) is 5.76. The number of benzene rings is 1. The molecule has 1 aliphatic carbocycles. The minimum absolute atomic E-state index is 0.270. The van der Waals surface area contributed by atoms with Crippen LogP contribution in [0.2, 0.25) is 0 Å². The Morgan fingerprint density at radius 1 is 1.38 bits per heavy atom. The molecule has 0 bridgehead atoms. The van der Waals surface area contributed by atoms with E-state index in [2.05, 4.69) is 9.97 Å². The van der Waals surface area contributed by atoms with Crippen LogP contribution in [-0.4, -0.2) is 17.1 Å². The summed E-state index contributed by atoms with van der Waals surface area (Å²) in [5.74, 6) is 1.57. The third kappa shape index (κ3) is 1.42. The highest BCUT2D eigenvalue weighted by Gasteiger charge is 2.43. The maximum absolute atomic E-state index is 6.07. The molecule has 0 unspecified atom stereocenters. The molecule has 1 fully saturated rings. The molecule has 2 N–H and O–H groups in total. The van der Waals surface area contributed by atoms with Gasteiger partial charge >= 0.3 is 0 Å². The van der Waals surface area contributed by atoms with Gasteiger partial charge in [0, 0.05) is 11.6 Å². The molecule has 0 aliphatic heterocycles. The summed E-state index contributed by atoms with van der Waals surface area (Å²) in [4.78, 5) is 8.82. The van der Waals surface area contributed by atoms with E-state index < -0.39 is 0 Å². The van der Waals surface area contributed by atoms with Crippen molar-refractivity contribution in [2.45, 2.75) is 18.4 Å². The molecular formula is C12H13N3O. The Hall–Kier alpha value is -1.68. The average Bonchev–Trinajstić information content (AvgIpc) is 3.07. The van der Waals surface area contributed by atoms with Gasteiger partial charge in [0.1, 0.15) is 11.6 Å². The molecule has 4 heteroatoms. The molecule has 1 saturated carbocycles. The van der Waals surface area contributed by atoms with Crippen molar-refractivity contribution in [3.8, 4) is 5.75 Å². The quantitative estimate of drug-likeness (QED) is 0.826. The van der Waals surface area contributed by atoms with E-state index in [0.29, 0.717) is 0 Å². The number of nitrogens with two attached hydrogens (primary N) is 1. The second-order valence-electron chi connectivity index (χ2n) is 4.27. The first kappa shape index (κ1) is 9.54. The Bertz CT molecular complexity index is 549. The number of hydrogen-bond acceptors (Lipinski definition) is 4. The minimum atomic E-state index is -0.270. The van der Waals surface area contributed by atoms with Crippen LogP contribution in [0.15, 0.2) is 24.4 Å². The van der Waals surface area contributed by atoms with Crippen molar-refractivity contribution in [3.63, 3.8) is 0 Å². The summed E-state index contributed by atoms with van der Waals surface area (Å²) < 4.78 is 5.15. The molecule has 1 aliphatic rings. The molecular weight excluding hydrogens is 202 g/mol. The van der Waals surface area contributed by atoms with E-state index in [1.54, 1.807) is 7.11 Å². The Balaban J connectivity index is 2.12. The van der Waals surface area contributed by atoms with Crippen LogP contribution in [0.5, 0.6) is 5.75 Å². The predicted octanol–water partition coefficient (Wildman–Crippen LogP) is 1.59. The Morgan fingerprint density at radius 2 is 2.19 bits per heavy atom. The van der Waals surface area contributed by atoms with Crippen molar-refractivity contribution in [3.05, 3.63) is 30.2 Å². The maximum atomic E-state index is 6.07. The monoisotopic (exact) mass is 215 g/mol. The molecule has 82 valence electrons. The van der Waals surface area contributed by atoms with Gasteiger partial charge in [0.05, 0.1) is 18.2 Å². The van der Waals surface area contributed by atoms with E-state index >= 15 is 0 Å². The number of aromatic nitrogens is 2. The lowest BCUT2D eigenvalue weighted by Crippen LogP contribution is -2.21. The molecule has 2 aromatic rings. The predicted molar refractivity (Wildman–Crippen MR) is 61.2 cm³/mol. The van der Waals surface area contributed by atoms with E-state index in [1.165, 1.54) is 0 Å². The van der Waals surface area contributed by atoms with Gasteiger partial charge in [0.25, 0.3) is 0 Å². The van der Waals surface area contributed by atoms with Gasteiger partial charge in [-0.3, -0.25) is 0 Å². The Labute approximate surface area is 93.5 Å². The molecule has 0 amide bonds. The number of rotatable bonds is 2. The highest BCUT2D eigenvalue weighted by atomic mass is 16.5. The van der Waals surface area contributed by atoms with E-state index in [9.17, 15) is 0 Å². The van der Waals surface area contributed by atoms with Crippen molar-refractivity contribution in [1.82, 2.24) is 9.97 Å². The van der Waals surface area contributed by atoms with Gasteiger partial charge in [-0.25, -0.2) is 9.97 Å². The molecule has 0 radical (unpaired) electrons. The zero-order valence-corrected chi connectivity index (χ0v) is 9.10. The van der Waals surface area contributed by atoms with Gasteiger partial charge < -0.3 is 10.5 Å². The van der Waals surface area contributed by atoms with Gasteiger partial charge in [0.2, 0.25) is 0 Å². The number of ether oxygens (including phenoxy) is 1. The van der Waals surface area contributed by atoms with Gasteiger partial charge in [-0.1, -0.05) is 0 Å². The van der Waals surface area contributed by atoms with Crippen molar-refractivity contribution in [2.75, 3.05) is 7.11 Å². The second-order valence-corrected chi connectivity index (χ2v) is 4.27. The molecule has 0 saturated heterocycles. The van der Waals surface area contributed by atoms with Gasteiger partial charge in [-0.15, -0.1) is 0 Å². The van der Waals surface area contributed by atoms with Crippen LogP contribution >= 0.6 is 0 Å². The van der Waals surface area contributed by atoms with Crippen LogP contribution in [0.1, 0.15) is 18.7 Å². The summed E-state index contributed by atoms with van der Waals surface area (Å²) in [5, 5.41) is 0.979. The fourth-order valence-corrected chi connectivity index (χ4v) is 1.74. The molecule has 1 aromatic carbocycles. The topological polar surface area (TPSA) is 61.0 Å². The Kier molecular flexibility index (Phi) is 1.88. The summed E-state index contributed by atoms with van der Waals surface area (Å²) >= 11 is 0. The van der Waals surface area contributed by atoms with Gasteiger partial charge in [0.15, 0.2) is 0 Å². The van der Waals surface area contributed by atoms with E-state index in [0.717, 1.165) is 35.3 Å². The third-order valence-corrected chi connectivity index (χ3v) is 3.02. The molecule has 0 atom stereocenters. The molecule has 16 heavy (non-hydrogen) atoms. The normalized spacial score (nSPS) is 17.4. The van der Waals surface area contributed by atoms with Crippen LogP contribution in [0.25, 0.3) is 10.9 Å². The lowest BCUT2D eigenvalue weighted by atomic mass is 10.2. The fourth-order valence-electron chi connectivity index (χ4n) is 1.74. The maximum Gasteiger partial charge on any atom is 0.148 e. The van der Waals surface area contributed by atoms with E-state index in [1.807, 2.05) is 24.4 Å². The van der Waals surface area contributed by atoms with Crippen molar-refractivity contribution in [1.29, 1.82) is 0 Å². The SMILES string of the molecule is COc1ccc2nc(C3(N)CC3)ncc2c1. The van der Waals surface area contributed by atoms with Crippen molar-refractivity contribution < 1.29 is 4.74 Å². The number of methoxy groups -OCH3 is 1. The number of nitrogens with zero attached hydrogens (tertiary/aromatic N) is 2. The first-order valence-electron chi connectivity index (χ1n) is 5.31. The van der Waals surface area contributed by atoms with Crippen molar-refractivity contribution in [2.24, 2.45) is 5.73 Å². The summed E-state index contributed by atoms with van der Waals surface area (Å²) in [6.07, 6.45) is 3.77. The van der Waals surface area contributed by atoms with Gasteiger partial charge in [-0.05, 0) is 31.0 Å². The lowest BCUT2D eigenvalue weighted by Gasteiger charge is -2.08. The van der Waals surface area contributed by atoms with Crippen LogP contribution in [0.4, 0.5) is 0 Å². The smallest absolute Gasteiger partial charge is 0.148 e. The molecule has 1 aromatic heterocycles.